The molecule has 3 rings (SSSR count). The smallest absolute Gasteiger partial charge is 0.192 e. The van der Waals surface area contributed by atoms with Crippen LogP contribution in [0.5, 0.6) is 0 Å². The Balaban J connectivity index is 1.98. The number of rotatable bonds is 3. The molecule has 0 bridgehead atoms. The van der Waals surface area contributed by atoms with Crippen molar-refractivity contribution in [1.82, 2.24) is 4.98 Å². The van der Waals surface area contributed by atoms with Crippen LogP contribution >= 0.6 is 0 Å². The summed E-state index contributed by atoms with van der Waals surface area (Å²) in [6, 6.07) is 5.74. The molecule has 1 aromatic carbocycles. The number of aliphatic hydroxyl groups is 1. The molecule has 4 nitrogen and oxygen atoms in total. The second-order valence-corrected chi connectivity index (χ2v) is 5.31. The molecule has 1 aliphatic carbocycles. The van der Waals surface area contributed by atoms with E-state index in [9.17, 15) is 5.11 Å². The first kappa shape index (κ1) is 11.7. The monoisotopic (exact) mass is 246 g/mol. The predicted molar refractivity (Wildman–Crippen MR) is 69.0 cm³/mol. The fourth-order valence-corrected chi connectivity index (χ4v) is 2.81. The lowest BCUT2D eigenvalue weighted by Gasteiger charge is -2.45. The lowest BCUT2D eigenvalue weighted by Crippen LogP contribution is -2.43. The van der Waals surface area contributed by atoms with Gasteiger partial charge in [0.25, 0.3) is 0 Å². The van der Waals surface area contributed by atoms with Crippen molar-refractivity contribution in [3.8, 4) is 0 Å². The Bertz CT molecular complexity index is 567. The number of oxazole rings is 1. The van der Waals surface area contributed by atoms with E-state index < -0.39 is 0 Å². The Morgan fingerprint density at radius 1 is 1.50 bits per heavy atom. The Hall–Kier alpha value is -1.39. The summed E-state index contributed by atoms with van der Waals surface area (Å²) in [6.07, 6.45) is 3.15. The number of hydrogen-bond donors (Lipinski definition) is 2. The topological polar surface area (TPSA) is 72.3 Å². The zero-order chi connectivity index (χ0) is 12.8. The van der Waals surface area contributed by atoms with Crippen LogP contribution in [0, 0.1) is 12.3 Å². The molecule has 18 heavy (non-hydrogen) atoms. The van der Waals surface area contributed by atoms with Crippen molar-refractivity contribution in [3.63, 3.8) is 0 Å². The van der Waals surface area contributed by atoms with Crippen LogP contribution in [0.25, 0.3) is 11.1 Å². The van der Waals surface area contributed by atoms with Crippen LogP contribution in [0.4, 0.5) is 0 Å². The van der Waals surface area contributed by atoms with Gasteiger partial charge in [-0.25, -0.2) is 4.98 Å². The zero-order valence-electron chi connectivity index (χ0n) is 10.5. The first-order chi connectivity index (χ1) is 8.64. The summed E-state index contributed by atoms with van der Waals surface area (Å²) >= 11 is 0. The number of nitrogens with two attached hydrogens (primary N) is 1. The molecular weight excluding hydrogens is 228 g/mol. The highest BCUT2D eigenvalue weighted by Gasteiger charge is 2.42. The van der Waals surface area contributed by atoms with Gasteiger partial charge in [0.2, 0.25) is 0 Å². The zero-order valence-corrected chi connectivity index (χ0v) is 10.5. The summed E-state index contributed by atoms with van der Waals surface area (Å²) in [5, 5.41) is 9.57. The van der Waals surface area contributed by atoms with E-state index in [1.165, 1.54) is 0 Å². The van der Waals surface area contributed by atoms with Gasteiger partial charge in [0, 0.05) is 18.4 Å². The lowest BCUT2D eigenvalue weighted by atomic mass is 9.63. The Kier molecular flexibility index (Phi) is 2.64. The van der Waals surface area contributed by atoms with Crippen LogP contribution in [0.3, 0.4) is 0 Å². The van der Waals surface area contributed by atoms with E-state index in [4.69, 9.17) is 10.2 Å². The molecular formula is C14H18N2O2. The SMILES string of the molecule is Cc1nc2cc(C(N)C3(CO)CCC3)ccc2o1. The van der Waals surface area contributed by atoms with Gasteiger partial charge >= 0.3 is 0 Å². The second-order valence-electron chi connectivity index (χ2n) is 5.31. The number of hydrogen-bond acceptors (Lipinski definition) is 4. The Labute approximate surface area is 106 Å². The van der Waals surface area contributed by atoms with Crippen LogP contribution in [-0.4, -0.2) is 16.7 Å². The molecule has 1 atom stereocenters. The molecule has 1 fully saturated rings. The summed E-state index contributed by atoms with van der Waals surface area (Å²) in [6.45, 7) is 1.99. The number of aryl methyl sites for hydroxylation is 1. The highest BCUT2D eigenvalue weighted by atomic mass is 16.3. The maximum absolute atomic E-state index is 9.57. The largest absolute Gasteiger partial charge is 0.441 e. The quantitative estimate of drug-likeness (QED) is 0.871. The number of benzene rings is 1. The fourth-order valence-electron chi connectivity index (χ4n) is 2.81. The van der Waals surface area contributed by atoms with Gasteiger partial charge in [0.05, 0.1) is 6.61 Å². The molecule has 1 saturated carbocycles. The van der Waals surface area contributed by atoms with E-state index >= 15 is 0 Å². The van der Waals surface area contributed by atoms with Gasteiger partial charge in [-0.3, -0.25) is 0 Å². The molecule has 1 unspecified atom stereocenters. The summed E-state index contributed by atoms with van der Waals surface area (Å²) in [4.78, 5) is 4.32. The van der Waals surface area contributed by atoms with Crippen molar-refractivity contribution in [2.24, 2.45) is 11.1 Å². The minimum atomic E-state index is -0.132. The third kappa shape index (κ3) is 1.64. The summed E-state index contributed by atoms with van der Waals surface area (Å²) in [7, 11) is 0. The third-order valence-electron chi connectivity index (χ3n) is 4.20. The van der Waals surface area contributed by atoms with E-state index in [0.29, 0.717) is 5.89 Å². The molecule has 96 valence electrons. The number of fused-ring (bicyclic) bond motifs is 1. The second kappa shape index (κ2) is 4.07. The van der Waals surface area contributed by atoms with Gasteiger partial charge in [0.15, 0.2) is 11.5 Å². The highest BCUT2D eigenvalue weighted by molar-refractivity contribution is 5.73. The molecule has 0 spiro atoms. The average Bonchev–Trinajstić information content (AvgIpc) is 2.67. The van der Waals surface area contributed by atoms with E-state index in [-0.39, 0.29) is 18.1 Å². The van der Waals surface area contributed by atoms with Crippen molar-refractivity contribution in [3.05, 3.63) is 29.7 Å². The van der Waals surface area contributed by atoms with Gasteiger partial charge in [-0.1, -0.05) is 12.5 Å². The van der Waals surface area contributed by atoms with E-state index in [1.54, 1.807) is 0 Å². The molecule has 4 heteroatoms. The van der Waals surface area contributed by atoms with Crippen LogP contribution in [0.1, 0.15) is 36.8 Å². The Morgan fingerprint density at radius 2 is 2.28 bits per heavy atom. The average molecular weight is 246 g/mol. The van der Waals surface area contributed by atoms with Gasteiger partial charge in [-0.05, 0) is 30.5 Å². The molecule has 1 heterocycles. The predicted octanol–water partition coefficient (Wildman–Crippen LogP) is 2.30. The number of aromatic nitrogens is 1. The van der Waals surface area contributed by atoms with Crippen molar-refractivity contribution in [2.75, 3.05) is 6.61 Å². The van der Waals surface area contributed by atoms with Gasteiger partial charge < -0.3 is 15.3 Å². The number of aliphatic hydroxyl groups excluding tert-OH is 1. The van der Waals surface area contributed by atoms with Crippen LogP contribution in [0.2, 0.25) is 0 Å². The molecule has 3 N–H and O–H groups in total. The van der Waals surface area contributed by atoms with Crippen LogP contribution in [-0.2, 0) is 0 Å². The normalized spacial score (nSPS) is 19.7. The van der Waals surface area contributed by atoms with Crippen molar-refractivity contribution in [2.45, 2.75) is 32.2 Å². The van der Waals surface area contributed by atoms with Crippen molar-refractivity contribution in [1.29, 1.82) is 0 Å². The summed E-state index contributed by atoms with van der Waals surface area (Å²) in [5.74, 6) is 0.663. The standard InChI is InChI=1S/C14H18N2O2/c1-9-16-11-7-10(3-4-12(11)18-9)13(15)14(8-17)5-2-6-14/h3-4,7,13,17H,2,5-6,8,15H2,1H3. The molecule has 0 aliphatic heterocycles. The molecule has 1 aromatic heterocycles. The maximum Gasteiger partial charge on any atom is 0.192 e. The summed E-state index contributed by atoms with van der Waals surface area (Å²) in [5.41, 5.74) is 8.85. The lowest BCUT2D eigenvalue weighted by molar-refractivity contribution is 0.0184. The molecule has 0 radical (unpaired) electrons. The van der Waals surface area contributed by atoms with E-state index in [0.717, 1.165) is 35.9 Å². The Morgan fingerprint density at radius 3 is 2.89 bits per heavy atom. The molecule has 1 aliphatic rings. The van der Waals surface area contributed by atoms with E-state index in [2.05, 4.69) is 4.98 Å². The van der Waals surface area contributed by atoms with Gasteiger partial charge in [-0.15, -0.1) is 0 Å². The number of nitrogens with zero attached hydrogens (tertiary/aromatic N) is 1. The molecule has 0 amide bonds. The van der Waals surface area contributed by atoms with E-state index in [1.807, 2.05) is 25.1 Å². The molecule has 2 aromatic rings. The fraction of sp³-hybridized carbons (Fsp3) is 0.500. The maximum atomic E-state index is 9.57. The van der Waals surface area contributed by atoms with Gasteiger partial charge in [0.1, 0.15) is 5.52 Å². The highest BCUT2D eigenvalue weighted by Crippen LogP contribution is 2.48. The van der Waals surface area contributed by atoms with Crippen molar-refractivity contribution < 1.29 is 9.52 Å². The first-order valence-electron chi connectivity index (χ1n) is 6.38. The molecule has 0 saturated heterocycles. The minimum absolute atomic E-state index is 0.127. The minimum Gasteiger partial charge on any atom is -0.441 e. The van der Waals surface area contributed by atoms with Gasteiger partial charge in [-0.2, -0.15) is 0 Å². The van der Waals surface area contributed by atoms with Crippen LogP contribution in [0.15, 0.2) is 22.6 Å². The first-order valence-corrected chi connectivity index (χ1v) is 6.38. The third-order valence-corrected chi connectivity index (χ3v) is 4.20. The van der Waals surface area contributed by atoms with Crippen molar-refractivity contribution >= 4 is 11.1 Å². The summed E-state index contributed by atoms with van der Waals surface area (Å²) < 4.78 is 5.45. The van der Waals surface area contributed by atoms with Crippen LogP contribution < -0.4 is 5.73 Å².